The molecule has 1 saturated heterocycles. The van der Waals surface area contributed by atoms with Gasteiger partial charge in [0.25, 0.3) is 0 Å². The van der Waals surface area contributed by atoms with Crippen LogP contribution in [0.5, 0.6) is 0 Å². The third kappa shape index (κ3) is 3.91. The first kappa shape index (κ1) is 20.3. The number of ketones is 1. The number of imide groups is 2. The fourth-order valence-electron chi connectivity index (χ4n) is 3.07. The summed E-state index contributed by atoms with van der Waals surface area (Å²) < 4.78 is 6.42. The molecular formula is C18H23N3O6. The van der Waals surface area contributed by atoms with Gasteiger partial charge in [-0.05, 0) is 26.3 Å². The van der Waals surface area contributed by atoms with Gasteiger partial charge in [0, 0.05) is 30.0 Å². The summed E-state index contributed by atoms with van der Waals surface area (Å²) in [5.74, 6) is -2.70. The van der Waals surface area contributed by atoms with E-state index in [0.717, 1.165) is 10.6 Å². The molecule has 0 saturated carbocycles. The lowest BCUT2D eigenvalue weighted by atomic mass is 10.1. The average molecular weight is 377 g/mol. The maximum atomic E-state index is 12.7. The predicted molar refractivity (Wildman–Crippen MR) is 94.0 cm³/mol. The lowest BCUT2D eigenvalue weighted by molar-refractivity contribution is -0.143. The largest absolute Gasteiger partial charge is 0.469 e. The lowest BCUT2D eigenvalue weighted by Crippen LogP contribution is -2.37. The number of esters is 1. The van der Waals surface area contributed by atoms with Crippen molar-refractivity contribution in [2.24, 2.45) is 0 Å². The molecule has 0 atom stereocenters. The van der Waals surface area contributed by atoms with Crippen LogP contribution in [0.4, 0.5) is 4.79 Å². The first-order valence-corrected chi connectivity index (χ1v) is 8.66. The van der Waals surface area contributed by atoms with Gasteiger partial charge in [-0.25, -0.2) is 9.69 Å². The summed E-state index contributed by atoms with van der Waals surface area (Å²) in [5.41, 5.74) is 1.74. The van der Waals surface area contributed by atoms with Crippen LogP contribution < -0.4 is 0 Å². The Kier molecular flexibility index (Phi) is 6.14. The van der Waals surface area contributed by atoms with Crippen LogP contribution in [0.2, 0.25) is 0 Å². The van der Waals surface area contributed by atoms with Gasteiger partial charge < -0.3 is 9.30 Å². The Morgan fingerprint density at radius 3 is 2.26 bits per heavy atom. The van der Waals surface area contributed by atoms with E-state index in [9.17, 15) is 24.0 Å². The number of amides is 4. The summed E-state index contributed by atoms with van der Waals surface area (Å²) in [5, 5.41) is 0. The fraction of sp³-hybridized carbons (Fsp3) is 0.500. The minimum atomic E-state index is -0.985. The summed E-state index contributed by atoms with van der Waals surface area (Å²) in [6.45, 7) is 5.28. The van der Waals surface area contributed by atoms with Gasteiger partial charge in [0.15, 0.2) is 5.78 Å². The molecule has 0 aliphatic carbocycles. The van der Waals surface area contributed by atoms with E-state index in [-0.39, 0.29) is 18.9 Å². The molecular weight excluding hydrogens is 354 g/mol. The highest BCUT2D eigenvalue weighted by atomic mass is 16.5. The number of carbonyl (C=O) groups excluding carboxylic acids is 5. The van der Waals surface area contributed by atoms with Crippen molar-refractivity contribution in [3.8, 4) is 0 Å². The number of rotatable bonds is 8. The first-order chi connectivity index (χ1) is 12.7. The molecule has 2 heterocycles. The number of urea groups is 1. The van der Waals surface area contributed by atoms with Crippen LogP contribution in [0.3, 0.4) is 0 Å². The van der Waals surface area contributed by atoms with Gasteiger partial charge in [-0.2, -0.15) is 0 Å². The van der Waals surface area contributed by atoms with E-state index in [1.807, 2.05) is 0 Å². The van der Waals surface area contributed by atoms with Crippen molar-refractivity contribution in [1.82, 2.24) is 14.4 Å². The van der Waals surface area contributed by atoms with E-state index in [1.165, 1.54) is 7.11 Å². The third-order valence-corrected chi connectivity index (χ3v) is 4.53. The SMILES string of the molecule is CCCN1C(=O)C(=O)N(CC(=O)c2cc(C)n(CCC(=O)OC)c2C)C1=O. The molecule has 0 spiro atoms. The van der Waals surface area contributed by atoms with Crippen LogP contribution in [0.15, 0.2) is 6.07 Å². The zero-order valence-electron chi connectivity index (χ0n) is 15.9. The van der Waals surface area contributed by atoms with E-state index in [0.29, 0.717) is 29.1 Å². The highest BCUT2D eigenvalue weighted by molar-refractivity contribution is 6.45. The molecule has 0 bridgehead atoms. The van der Waals surface area contributed by atoms with Crippen molar-refractivity contribution in [3.63, 3.8) is 0 Å². The molecule has 0 aromatic carbocycles. The maximum absolute atomic E-state index is 12.7. The molecule has 1 aliphatic heterocycles. The summed E-state index contributed by atoms with van der Waals surface area (Å²) in [6.07, 6.45) is 0.679. The van der Waals surface area contributed by atoms with Crippen LogP contribution in [0.25, 0.3) is 0 Å². The smallest absolute Gasteiger partial charge is 0.334 e. The van der Waals surface area contributed by atoms with Gasteiger partial charge in [0.1, 0.15) is 0 Å². The molecule has 146 valence electrons. The second-order valence-corrected chi connectivity index (χ2v) is 6.32. The number of nitrogens with zero attached hydrogens (tertiary/aromatic N) is 3. The molecule has 9 heteroatoms. The van der Waals surface area contributed by atoms with Gasteiger partial charge in [-0.3, -0.25) is 24.1 Å². The van der Waals surface area contributed by atoms with Crippen molar-refractivity contribution in [3.05, 3.63) is 23.0 Å². The molecule has 0 radical (unpaired) electrons. The topological polar surface area (TPSA) is 106 Å². The normalized spacial score (nSPS) is 14.3. The Morgan fingerprint density at radius 1 is 1.04 bits per heavy atom. The molecule has 27 heavy (non-hydrogen) atoms. The van der Waals surface area contributed by atoms with Gasteiger partial charge in [-0.1, -0.05) is 6.92 Å². The Morgan fingerprint density at radius 2 is 1.67 bits per heavy atom. The Hall–Kier alpha value is -2.97. The van der Waals surface area contributed by atoms with Crippen molar-refractivity contribution < 1.29 is 28.7 Å². The van der Waals surface area contributed by atoms with Gasteiger partial charge in [0.05, 0.1) is 20.1 Å². The van der Waals surface area contributed by atoms with Crippen molar-refractivity contribution >= 4 is 29.6 Å². The minimum Gasteiger partial charge on any atom is -0.469 e. The van der Waals surface area contributed by atoms with E-state index < -0.39 is 30.2 Å². The number of ether oxygens (including phenoxy) is 1. The first-order valence-electron chi connectivity index (χ1n) is 8.66. The van der Waals surface area contributed by atoms with Crippen LogP contribution in [0, 0.1) is 13.8 Å². The molecule has 1 aromatic rings. The fourth-order valence-corrected chi connectivity index (χ4v) is 3.07. The molecule has 0 N–H and O–H groups in total. The molecule has 1 fully saturated rings. The Labute approximate surface area is 156 Å². The van der Waals surface area contributed by atoms with Crippen molar-refractivity contribution in [2.75, 3.05) is 20.2 Å². The molecule has 2 rings (SSSR count). The highest BCUT2D eigenvalue weighted by Crippen LogP contribution is 2.19. The average Bonchev–Trinajstić information content (AvgIpc) is 3.03. The summed E-state index contributed by atoms with van der Waals surface area (Å²) in [6, 6.07) is 0.880. The molecule has 4 amide bonds. The minimum absolute atomic E-state index is 0.135. The second kappa shape index (κ2) is 8.15. The van der Waals surface area contributed by atoms with E-state index in [1.54, 1.807) is 31.4 Å². The summed E-state index contributed by atoms with van der Waals surface area (Å²) >= 11 is 0. The highest BCUT2D eigenvalue weighted by Gasteiger charge is 2.44. The maximum Gasteiger partial charge on any atom is 0.334 e. The van der Waals surface area contributed by atoms with Crippen LogP contribution >= 0.6 is 0 Å². The number of methoxy groups -OCH3 is 1. The standard InChI is InChI=1S/C18H23N3O6/c1-5-7-20-16(24)17(25)21(18(20)26)10-14(22)13-9-11(2)19(12(13)3)8-6-15(23)27-4/h9H,5-8,10H2,1-4H3. The van der Waals surface area contributed by atoms with Crippen molar-refractivity contribution in [2.45, 2.75) is 40.2 Å². The number of aryl methyl sites for hydroxylation is 1. The summed E-state index contributed by atoms with van der Waals surface area (Å²) in [7, 11) is 1.31. The predicted octanol–water partition coefficient (Wildman–Crippen LogP) is 1.05. The number of aromatic nitrogens is 1. The molecule has 1 aliphatic rings. The number of hydrogen-bond acceptors (Lipinski definition) is 6. The quantitative estimate of drug-likeness (QED) is 0.290. The number of carbonyl (C=O) groups is 5. The van der Waals surface area contributed by atoms with Crippen LogP contribution in [-0.4, -0.2) is 64.2 Å². The van der Waals surface area contributed by atoms with E-state index in [2.05, 4.69) is 4.74 Å². The molecule has 1 aromatic heterocycles. The Balaban J connectivity index is 2.17. The Bertz CT molecular complexity index is 810. The number of hydrogen-bond donors (Lipinski definition) is 0. The molecule has 0 unspecified atom stereocenters. The van der Waals surface area contributed by atoms with Crippen LogP contribution in [0.1, 0.15) is 41.5 Å². The monoisotopic (exact) mass is 377 g/mol. The van der Waals surface area contributed by atoms with Gasteiger partial charge >= 0.3 is 23.8 Å². The van der Waals surface area contributed by atoms with Crippen LogP contribution in [-0.2, 0) is 25.7 Å². The van der Waals surface area contributed by atoms with E-state index in [4.69, 9.17) is 0 Å². The third-order valence-electron chi connectivity index (χ3n) is 4.53. The second-order valence-electron chi connectivity index (χ2n) is 6.32. The van der Waals surface area contributed by atoms with Crippen molar-refractivity contribution in [1.29, 1.82) is 0 Å². The summed E-state index contributed by atoms with van der Waals surface area (Å²) in [4.78, 5) is 61.7. The molecule has 9 nitrogen and oxygen atoms in total. The number of Topliss-reactive ketones (excluding diaryl/α,β-unsaturated/α-hetero) is 1. The van der Waals surface area contributed by atoms with Gasteiger partial charge in [-0.15, -0.1) is 0 Å². The van der Waals surface area contributed by atoms with Gasteiger partial charge in [0.2, 0.25) is 0 Å². The zero-order valence-corrected chi connectivity index (χ0v) is 15.9. The van der Waals surface area contributed by atoms with E-state index >= 15 is 0 Å². The zero-order chi connectivity index (χ0) is 20.3. The lowest BCUT2D eigenvalue weighted by Gasteiger charge is -2.14.